The Morgan fingerprint density at radius 1 is 1.06 bits per heavy atom. The number of aliphatic hydroxyl groups is 1. The number of nitrogens with zero attached hydrogens (tertiary/aromatic N) is 2. The van der Waals surface area contributed by atoms with Crippen LogP contribution in [0.3, 0.4) is 0 Å². The highest BCUT2D eigenvalue weighted by Gasteiger charge is 2.23. The molecule has 1 heterocycles. The van der Waals surface area contributed by atoms with Gasteiger partial charge in [0, 0.05) is 19.6 Å². The lowest BCUT2D eigenvalue weighted by Gasteiger charge is -2.27. The Labute approximate surface area is 112 Å². The minimum Gasteiger partial charge on any atom is -0.393 e. The van der Waals surface area contributed by atoms with Crippen molar-refractivity contribution < 1.29 is 5.11 Å². The van der Waals surface area contributed by atoms with Gasteiger partial charge in [-0.25, -0.2) is 0 Å². The molecule has 3 heteroatoms. The van der Waals surface area contributed by atoms with Crippen LogP contribution in [-0.2, 0) is 0 Å². The summed E-state index contributed by atoms with van der Waals surface area (Å²) in [6.07, 6.45) is 8.78. The summed E-state index contributed by atoms with van der Waals surface area (Å²) in [5.74, 6) is 0.510. The second-order valence-electron chi connectivity index (χ2n) is 6.28. The molecule has 1 aliphatic carbocycles. The summed E-state index contributed by atoms with van der Waals surface area (Å²) >= 11 is 0. The molecule has 0 radical (unpaired) electrons. The summed E-state index contributed by atoms with van der Waals surface area (Å²) in [4.78, 5) is 5.00. The van der Waals surface area contributed by atoms with Gasteiger partial charge < -0.3 is 14.9 Å². The molecule has 0 bridgehead atoms. The molecule has 0 aromatic heterocycles. The molecule has 3 nitrogen and oxygen atoms in total. The summed E-state index contributed by atoms with van der Waals surface area (Å²) in [6.45, 7) is 6.03. The Morgan fingerprint density at radius 2 is 1.78 bits per heavy atom. The van der Waals surface area contributed by atoms with E-state index in [0.717, 1.165) is 19.5 Å². The fourth-order valence-electron chi connectivity index (χ4n) is 3.39. The Morgan fingerprint density at radius 3 is 2.56 bits per heavy atom. The summed E-state index contributed by atoms with van der Waals surface area (Å²) in [5, 5.41) is 10.1. The standard InChI is InChI=1S/C15H30N2O/c1-16(11-12-17-9-5-6-10-17)13-14-7-3-2-4-8-15(14)18/h14-15,18H,2-13H2,1H3. The van der Waals surface area contributed by atoms with Crippen molar-refractivity contribution in [1.29, 1.82) is 0 Å². The van der Waals surface area contributed by atoms with Gasteiger partial charge >= 0.3 is 0 Å². The quantitative estimate of drug-likeness (QED) is 0.760. The Balaban J connectivity index is 1.66. The SMILES string of the molecule is CN(CCN1CCCC1)CC1CCCCCC1O. The van der Waals surface area contributed by atoms with E-state index in [1.54, 1.807) is 0 Å². The molecule has 0 aromatic rings. The van der Waals surface area contributed by atoms with E-state index in [1.165, 1.54) is 58.2 Å². The van der Waals surface area contributed by atoms with Gasteiger partial charge in [-0.3, -0.25) is 0 Å². The molecule has 2 aliphatic rings. The maximum absolute atomic E-state index is 10.1. The number of likely N-dealkylation sites (tertiary alicyclic amines) is 1. The lowest BCUT2D eigenvalue weighted by molar-refractivity contribution is 0.0775. The van der Waals surface area contributed by atoms with Crippen LogP contribution in [0.15, 0.2) is 0 Å². The molecule has 1 saturated heterocycles. The Hall–Kier alpha value is -0.120. The van der Waals surface area contributed by atoms with Gasteiger partial charge in [0.1, 0.15) is 0 Å². The molecule has 106 valence electrons. The van der Waals surface area contributed by atoms with Crippen LogP contribution in [0.25, 0.3) is 0 Å². The summed E-state index contributed by atoms with van der Waals surface area (Å²) in [6, 6.07) is 0. The van der Waals surface area contributed by atoms with Crippen LogP contribution < -0.4 is 0 Å². The van der Waals surface area contributed by atoms with Crippen LogP contribution >= 0.6 is 0 Å². The van der Waals surface area contributed by atoms with Crippen molar-refractivity contribution in [2.45, 2.75) is 51.0 Å². The van der Waals surface area contributed by atoms with Gasteiger partial charge in [-0.2, -0.15) is 0 Å². The molecule has 0 aromatic carbocycles. The summed E-state index contributed by atoms with van der Waals surface area (Å²) in [7, 11) is 2.22. The lowest BCUT2D eigenvalue weighted by Crippen LogP contribution is -2.37. The van der Waals surface area contributed by atoms with Crippen molar-refractivity contribution >= 4 is 0 Å². The van der Waals surface area contributed by atoms with Crippen molar-refractivity contribution in [3.8, 4) is 0 Å². The number of likely N-dealkylation sites (N-methyl/N-ethyl adjacent to an activating group) is 1. The molecule has 2 unspecified atom stereocenters. The molecule has 18 heavy (non-hydrogen) atoms. The van der Waals surface area contributed by atoms with Gasteiger partial charge in [0.15, 0.2) is 0 Å². The van der Waals surface area contributed by atoms with Crippen LogP contribution in [-0.4, -0.2) is 60.8 Å². The third kappa shape index (κ3) is 4.52. The highest BCUT2D eigenvalue weighted by Crippen LogP contribution is 2.24. The van der Waals surface area contributed by atoms with E-state index in [4.69, 9.17) is 0 Å². The first-order chi connectivity index (χ1) is 8.75. The van der Waals surface area contributed by atoms with E-state index >= 15 is 0 Å². The van der Waals surface area contributed by atoms with Crippen LogP contribution in [0.2, 0.25) is 0 Å². The van der Waals surface area contributed by atoms with E-state index in [0.29, 0.717) is 5.92 Å². The van der Waals surface area contributed by atoms with Gasteiger partial charge in [0.05, 0.1) is 6.10 Å². The molecular formula is C15H30N2O. The smallest absolute Gasteiger partial charge is 0.0580 e. The average molecular weight is 254 g/mol. The van der Waals surface area contributed by atoms with Gasteiger partial charge in [-0.05, 0) is 51.7 Å². The van der Waals surface area contributed by atoms with Crippen LogP contribution in [0.5, 0.6) is 0 Å². The lowest BCUT2D eigenvalue weighted by atomic mass is 9.97. The van der Waals surface area contributed by atoms with Gasteiger partial charge in [-0.15, -0.1) is 0 Å². The predicted octanol–water partition coefficient (Wildman–Crippen LogP) is 1.96. The van der Waals surface area contributed by atoms with Crippen LogP contribution in [0, 0.1) is 5.92 Å². The number of rotatable bonds is 5. The van der Waals surface area contributed by atoms with Crippen molar-refractivity contribution in [2.75, 3.05) is 39.8 Å². The molecular weight excluding hydrogens is 224 g/mol. The number of hydrogen-bond donors (Lipinski definition) is 1. The highest BCUT2D eigenvalue weighted by atomic mass is 16.3. The minimum absolute atomic E-state index is 0.0539. The molecule has 0 amide bonds. The summed E-state index contributed by atoms with van der Waals surface area (Å²) < 4.78 is 0. The molecule has 0 spiro atoms. The van der Waals surface area contributed by atoms with Crippen LogP contribution in [0.4, 0.5) is 0 Å². The molecule has 2 fully saturated rings. The summed E-state index contributed by atoms with van der Waals surface area (Å²) in [5.41, 5.74) is 0. The first kappa shape index (κ1) is 14.3. The Bertz CT molecular complexity index is 229. The Kier molecular flexibility index (Phi) is 5.93. The van der Waals surface area contributed by atoms with E-state index in [1.807, 2.05) is 0 Å². The fourth-order valence-corrected chi connectivity index (χ4v) is 3.39. The molecule has 1 saturated carbocycles. The van der Waals surface area contributed by atoms with E-state index in [-0.39, 0.29) is 6.10 Å². The van der Waals surface area contributed by atoms with Gasteiger partial charge in [-0.1, -0.05) is 19.3 Å². The fraction of sp³-hybridized carbons (Fsp3) is 1.00. The zero-order valence-corrected chi connectivity index (χ0v) is 12.0. The molecule has 2 rings (SSSR count). The van der Waals surface area contributed by atoms with E-state index < -0.39 is 0 Å². The molecule has 1 N–H and O–H groups in total. The average Bonchev–Trinajstić information content (AvgIpc) is 2.80. The topological polar surface area (TPSA) is 26.7 Å². The van der Waals surface area contributed by atoms with Gasteiger partial charge in [0.25, 0.3) is 0 Å². The highest BCUT2D eigenvalue weighted by molar-refractivity contribution is 4.76. The van der Waals surface area contributed by atoms with Crippen molar-refractivity contribution in [3.63, 3.8) is 0 Å². The van der Waals surface area contributed by atoms with Crippen molar-refractivity contribution in [3.05, 3.63) is 0 Å². The number of hydrogen-bond acceptors (Lipinski definition) is 3. The second kappa shape index (κ2) is 7.46. The predicted molar refractivity (Wildman–Crippen MR) is 75.8 cm³/mol. The second-order valence-corrected chi connectivity index (χ2v) is 6.28. The van der Waals surface area contributed by atoms with E-state index in [9.17, 15) is 5.11 Å². The van der Waals surface area contributed by atoms with E-state index in [2.05, 4.69) is 16.8 Å². The minimum atomic E-state index is -0.0539. The molecule has 1 aliphatic heterocycles. The van der Waals surface area contributed by atoms with Crippen molar-refractivity contribution in [1.82, 2.24) is 9.80 Å². The third-order valence-corrected chi connectivity index (χ3v) is 4.66. The first-order valence-electron chi connectivity index (χ1n) is 7.84. The van der Waals surface area contributed by atoms with Gasteiger partial charge in [0.2, 0.25) is 0 Å². The number of aliphatic hydroxyl groups excluding tert-OH is 1. The normalized spacial score (nSPS) is 30.8. The zero-order valence-electron chi connectivity index (χ0n) is 12.0. The third-order valence-electron chi connectivity index (χ3n) is 4.66. The van der Waals surface area contributed by atoms with Crippen LogP contribution in [0.1, 0.15) is 44.9 Å². The maximum Gasteiger partial charge on any atom is 0.0580 e. The zero-order chi connectivity index (χ0) is 12.8. The maximum atomic E-state index is 10.1. The molecule has 2 atom stereocenters. The monoisotopic (exact) mass is 254 g/mol. The largest absolute Gasteiger partial charge is 0.393 e. The van der Waals surface area contributed by atoms with Crippen molar-refractivity contribution in [2.24, 2.45) is 5.92 Å². The first-order valence-corrected chi connectivity index (χ1v) is 7.84.